The highest BCUT2D eigenvalue weighted by atomic mass is 79.9. The minimum absolute atomic E-state index is 0.0118. The number of aromatic nitrogens is 2. The molecule has 0 bridgehead atoms. The average Bonchev–Trinajstić information content (AvgIpc) is 3.03. The van der Waals surface area contributed by atoms with E-state index < -0.39 is 0 Å². The van der Waals surface area contributed by atoms with Gasteiger partial charge < -0.3 is 14.8 Å². The van der Waals surface area contributed by atoms with E-state index >= 15 is 0 Å². The first-order chi connectivity index (χ1) is 10.8. The molecule has 2 aromatic heterocycles. The summed E-state index contributed by atoms with van der Waals surface area (Å²) in [7, 11) is 0. The van der Waals surface area contributed by atoms with Crippen molar-refractivity contribution in [1.82, 2.24) is 19.8 Å². The standard InChI is InChI=1S/C16H19BrN4O/c17-6-3-8-19-16(22)21-11-10-20-9-2-5-14(20)15(21)13-4-1-7-18-12-13/h1-2,4-5,7,9,12,15H,3,6,8,10-11H2,(H,19,22)/t15-/m0/s1. The summed E-state index contributed by atoms with van der Waals surface area (Å²) in [6.45, 7) is 2.20. The molecule has 1 aliphatic rings. The molecule has 0 saturated heterocycles. The summed E-state index contributed by atoms with van der Waals surface area (Å²) in [5.74, 6) is 0. The summed E-state index contributed by atoms with van der Waals surface area (Å²) in [5.41, 5.74) is 2.17. The van der Waals surface area contributed by atoms with Crippen molar-refractivity contribution in [3.05, 3.63) is 54.1 Å². The van der Waals surface area contributed by atoms with Gasteiger partial charge in [-0.25, -0.2) is 4.79 Å². The zero-order valence-corrected chi connectivity index (χ0v) is 13.9. The topological polar surface area (TPSA) is 50.2 Å². The smallest absolute Gasteiger partial charge is 0.318 e. The normalized spacial score (nSPS) is 17.1. The molecule has 6 heteroatoms. The molecule has 3 rings (SSSR count). The van der Waals surface area contributed by atoms with Gasteiger partial charge in [-0.2, -0.15) is 0 Å². The lowest BCUT2D eigenvalue weighted by atomic mass is 10.0. The van der Waals surface area contributed by atoms with Gasteiger partial charge in [0.1, 0.15) is 6.04 Å². The number of amides is 2. The van der Waals surface area contributed by atoms with Crippen molar-refractivity contribution >= 4 is 22.0 Å². The summed E-state index contributed by atoms with van der Waals surface area (Å²) in [5, 5.41) is 3.89. The Morgan fingerprint density at radius 3 is 3.05 bits per heavy atom. The Balaban J connectivity index is 1.87. The van der Waals surface area contributed by atoms with E-state index in [0.717, 1.165) is 29.6 Å². The van der Waals surface area contributed by atoms with E-state index in [1.54, 1.807) is 6.20 Å². The van der Waals surface area contributed by atoms with E-state index in [-0.39, 0.29) is 12.1 Å². The van der Waals surface area contributed by atoms with Crippen LogP contribution in [0.15, 0.2) is 42.9 Å². The van der Waals surface area contributed by atoms with Crippen LogP contribution >= 0.6 is 15.9 Å². The molecule has 2 amide bonds. The molecule has 116 valence electrons. The summed E-state index contributed by atoms with van der Waals surface area (Å²) < 4.78 is 2.21. The molecule has 0 aromatic carbocycles. The Morgan fingerprint density at radius 2 is 2.27 bits per heavy atom. The van der Waals surface area contributed by atoms with Crippen LogP contribution < -0.4 is 5.32 Å². The molecule has 1 aliphatic heterocycles. The minimum atomic E-state index is -0.0820. The first kappa shape index (κ1) is 15.1. The predicted molar refractivity (Wildman–Crippen MR) is 89.0 cm³/mol. The first-order valence-electron chi connectivity index (χ1n) is 7.46. The lowest BCUT2D eigenvalue weighted by Crippen LogP contribution is -2.47. The number of nitrogens with one attached hydrogen (secondary N) is 1. The van der Waals surface area contributed by atoms with Crippen LogP contribution in [0.25, 0.3) is 0 Å². The maximum absolute atomic E-state index is 12.6. The van der Waals surface area contributed by atoms with Crippen LogP contribution in [0.5, 0.6) is 0 Å². The van der Waals surface area contributed by atoms with Crippen molar-refractivity contribution in [1.29, 1.82) is 0 Å². The summed E-state index contributed by atoms with van der Waals surface area (Å²) >= 11 is 3.38. The molecule has 0 saturated carbocycles. The molecule has 1 atom stereocenters. The van der Waals surface area contributed by atoms with E-state index in [0.29, 0.717) is 13.1 Å². The van der Waals surface area contributed by atoms with Gasteiger partial charge in [0.15, 0.2) is 0 Å². The van der Waals surface area contributed by atoms with Gasteiger partial charge in [-0.15, -0.1) is 0 Å². The van der Waals surface area contributed by atoms with Crippen molar-refractivity contribution in [3.63, 3.8) is 0 Å². The van der Waals surface area contributed by atoms with Crippen molar-refractivity contribution in [2.75, 3.05) is 18.4 Å². The van der Waals surface area contributed by atoms with E-state index in [1.807, 2.05) is 29.3 Å². The molecule has 0 unspecified atom stereocenters. The molecule has 1 N–H and O–H groups in total. The van der Waals surface area contributed by atoms with Gasteiger partial charge in [0.25, 0.3) is 0 Å². The molecule has 22 heavy (non-hydrogen) atoms. The van der Waals surface area contributed by atoms with Gasteiger partial charge in [0, 0.05) is 49.2 Å². The van der Waals surface area contributed by atoms with Crippen molar-refractivity contribution in [2.45, 2.75) is 19.0 Å². The molecule has 0 radical (unpaired) electrons. The average molecular weight is 363 g/mol. The number of urea groups is 1. The number of hydrogen-bond donors (Lipinski definition) is 1. The highest BCUT2D eigenvalue weighted by Crippen LogP contribution is 2.31. The maximum atomic E-state index is 12.6. The SMILES string of the molecule is O=C(NCCCBr)N1CCn2cccc2[C@@H]1c1cccnc1. The molecular formula is C16H19BrN4O. The van der Waals surface area contributed by atoms with Gasteiger partial charge in [-0.1, -0.05) is 22.0 Å². The number of alkyl halides is 1. The second-order valence-corrected chi connectivity index (χ2v) is 6.08. The Kier molecular flexibility index (Phi) is 4.77. The summed E-state index contributed by atoms with van der Waals surface area (Å²) in [4.78, 5) is 18.7. The van der Waals surface area contributed by atoms with Crippen molar-refractivity contribution in [2.24, 2.45) is 0 Å². The zero-order valence-electron chi connectivity index (χ0n) is 12.3. The second-order valence-electron chi connectivity index (χ2n) is 5.28. The molecule has 3 heterocycles. The summed E-state index contributed by atoms with van der Waals surface area (Å²) in [6, 6.07) is 7.96. The molecule has 5 nitrogen and oxygen atoms in total. The third-order valence-corrected chi connectivity index (χ3v) is 4.45. The van der Waals surface area contributed by atoms with Crippen LogP contribution in [-0.2, 0) is 6.54 Å². The Hall–Kier alpha value is -1.82. The van der Waals surface area contributed by atoms with Crippen molar-refractivity contribution < 1.29 is 4.79 Å². The first-order valence-corrected chi connectivity index (χ1v) is 8.59. The van der Waals surface area contributed by atoms with E-state index in [9.17, 15) is 4.79 Å². The fourth-order valence-corrected chi connectivity index (χ4v) is 3.13. The van der Waals surface area contributed by atoms with E-state index in [2.05, 4.69) is 43.1 Å². The molecular weight excluding hydrogens is 344 g/mol. The molecule has 0 spiro atoms. The Labute approximate surface area is 138 Å². The van der Waals surface area contributed by atoms with Gasteiger partial charge in [0.05, 0.1) is 0 Å². The summed E-state index contributed by atoms with van der Waals surface area (Å²) in [6.07, 6.45) is 6.59. The Bertz CT molecular complexity index is 628. The fraction of sp³-hybridized carbons (Fsp3) is 0.375. The number of nitrogens with zero attached hydrogens (tertiary/aromatic N) is 3. The third kappa shape index (κ3) is 3.02. The van der Waals surface area contributed by atoms with Crippen LogP contribution in [0.2, 0.25) is 0 Å². The monoisotopic (exact) mass is 362 g/mol. The number of rotatable bonds is 4. The highest BCUT2D eigenvalue weighted by Gasteiger charge is 2.32. The Morgan fingerprint density at radius 1 is 1.36 bits per heavy atom. The number of carbonyl (C=O) groups is 1. The molecule has 0 fully saturated rings. The number of carbonyl (C=O) groups excluding carboxylic acids is 1. The van der Waals surface area contributed by atoms with Gasteiger partial charge in [-0.3, -0.25) is 4.98 Å². The van der Waals surface area contributed by atoms with Gasteiger partial charge in [0.2, 0.25) is 0 Å². The number of hydrogen-bond acceptors (Lipinski definition) is 2. The minimum Gasteiger partial charge on any atom is -0.348 e. The maximum Gasteiger partial charge on any atom is 0.318 e. The predicted octanol–water partition coefficient (Wildman–Crippen LogP) is 2.78. The molecule has 0 aliphatic carbocycles. The van der Waals surface area contributed by atoms with Crippen LogP contribution in [0, 0.1) is 0 Å². The number of halogens is 1. The second kappa shape index (κ2) is 6.96. The van der Waals surface area contributed by atoms with E-state index in [1.165, 1.54) is 0 Å². The number of pyridine rings is 1. The van der Waals surface area contributed by atoms with Crippen LogP contribution in [0.1, 0.15) is 23.7 Å². The third-order valence-electron chi connectivity index (χ3n) is 3.89. The zero-order chi connectivity index (χ0) is 15.4. The number of fused-ring (bicyclic) bond motifs is 1. The van der Waals surface area contributed by atoms with Gasteiger partial charge >= 0.3 is 6.03 Å². The highest BCUT2D eigenvalue weighted by molar-refractivity contribution is 9.09. The lowest BCUT2D eigenvalue weighted by molar-refractivity contribution is 0.168. The quantitative estimate of drug-likeness (QED) is 0.671. The van der Waals surface area contributed by atoms with Crippen LogP contribution in [0.4, 0.5) is 4.79 Å². The van der Waals surface area contributed by atoms with Crippen LogP contribution in [0.3, 0.4) is 0 Å². The van der Waals surface area contributed by atoms with Crippen molar-refractivity contribution in [3.8, 4) is 0 Å². The lowest BCUT2D eigenvalue weighted by Gasteiger charge is -2.37. The van der Waals surface area contributed by atoms with Gasteiger partial charge in [-0.05, 0) is 30.2 Å². The van der Waals surface area contributed by atoms with E-state index in [4.69, 9.17) is 0 Å². The van der Waals surface area contributed by atoms with Crippen LogP contribution in [-0.4, -0.2) is 38.9 Å². The molecule has 2 aromatic rings. The fourth-order valence-electron chi connectivity index (χ4n) is 2.85. The largest absolute Gasteiger partial charge is 0.348 e.